The number of nitrogens with one attached hydrogen (secondary N) is 1. The molecule has 3 amide bonds. The van der Waals surface area contributed by atoms with E-state index in [4.69, 9.17) is 5.73 Å². The molecule has 0 saturated carbocycles. The minimum Gasteiger partial charge on any atom is -0.370 e. The summed E-state index contributed by atoms with van der Waals surface area (Å²) in [6.45, 7) is 1.73. The molecule has 0 aromatic rings. The molecule has 0 bridgehead atoms. The lowest BCUT2D eigenvalue weighted by Crippen LogP contribution is -2.29. The predicted molar refractivity (Wildman–Crippen MR) is 48.9 cm³/mol. The van der Waals surface area contributed by atoms with E-state index in [0.29, 0.717) is 12.8 Å². The van der Waals surface area contributed by atoms with Crippen molar-refractivity contribution in [3.05, 3.63) is 0 Å². The number of imide groups is 1. The zero-order chi connectivity index (χ0) is 10.8. The van der Waals surface area contributed by atoms with Crippen LogP contribution in [0.2, 0.25) is 0 Å². The molecule has 0 radical (unpaired) electrons. The Morgan fingerprint density at radius 1 is 1.57 bits per heavy atom. The topological polar surface area (TPSA) is 89.3 Å². The van der Waals surface area contributed by atoms with E-state index in [2.05, 4.69) is 5.32 Å². The Balaban J connectivity index is 2.46. The summed E-state index contributed by atoms with van der Waals surface area (Å²) >= 11 is 0. The first-order valence-electron chi connectivity index (χ1n) is 4.57. The van der Waals surface area contributed by atoms with Gasteiger partial charge in [-0.15, -0.1) is 0 Å². The first-order valence-corrected chi connectivity index (χ1v) is 4.57. The van der Waals surface area contributed by atoms with E-state index < -0.39 is 5.41 Å². The summed E-state index contributed by atoms with van der Waals surface area (Å²) in [5.41, 5.74) is 4.33. The van der Waals surface area contributed by atoms with E-state index in [9.17, 15) is 14.4 Å². The SMILES string of the molecule is CC1(CCCC(N)=O)CC(=O)NC1=O. The molecular weight excluding hydrogens is 184 g/mol. The summed E-state index contributed by atoms with van der Waals surface area (Å²) in [6, 6.07) is 0. The van der Waals surface area contributed by atoms with Crippen molar-refractivity contribution in [2.24, 2.45) is 11.1 Å². The minimum atomic E-state index is -0.646. The average Bonchev–Trinajstić information content (AvgIpc) is 2.25. The van der Waals surface area contributed by atoms with E-state index in [1.54, 1.807) is 6.92 Å². The lowest BCUT2D eigenvalue weighted by atomic mass is 9.83. The molecule has 5 heteroatoms. The fourth-order valence-electron chi connectivity index (χ4n) is 1.61. The zero-order valence-electron chi connectivity index (χ0n) is 8.13. The summed E-state index contributed by atoms with van der Waals surface area (Å²) in [5, 5.41) is 2.25. The second-order valence-corrected chi connectivity index (χ2v) is 3.93. The number of hydrogen-bond acceptors (Lipinski definition) is 3. The van der Waals surface area contributed by atoms with Crippen molar-refractivity contribution in [2.75, 3.05) is 0 Å². The van der Waals surface area contributed by atoms with Crippen molar-refractivity contribution in [1.82, 2.24) is 5.32 Å². The second kappa shape index (κ2) is 3.77. The van der Waals surface area contributed by atoms with Crippen molar-refractivity contribution in [3.8, 4) is 0 Å². The van der Waals surface area contributed by atoms with Gasteiger partial charge in [0.15, 0.2) is 0 Å². The quantitative estimate of drug-likeness (QED) is 0.607. The van der Waals surface area contributed by atoms with Crippen LogP contribution in [0.5, 0.6) is 0 Å². The maximum absolute atomic E-state index is 11.3. The summed E-state index contributed by atoms with van der Waals surface area (Å²) < 4.78 is 0. The van der Waals surface area contributed by atoms with Crippen LogP contribution in [0.25, 0.3) is 0 Å². The molecule has 1 rings (SSSR count). The second-order valence-electron chi connectivity index (χ2n) is 3.93. The standard InChI is InChI=1S/C9H14N2O3/c1-9(4-2-3-6(10)12)5-7(13)11-8(9)14/h2-5H2,1H3,(H2,10,12)(H,11,13,14). The van der Waals surface area contributed by atoms with Gasteiger partial charge in [-0.25, -0.2) is 0 Å². The summed E-state index contributed by atoms with van der Waals surface area (Å²) in [7, 11) is 0. The molecule has 1 atom stereocenters. The molecule has 0 spiro atoms. The molecule has 14 heavy (non-hydrogen) atoms. The van der Waals surface area contributed by atoms with Crippen molar-refractivity contribution in [2.45, 2.75) is 32.6 Å². The fraction of sp³-hybridized carbons (Fsp3) is 0.667. The maximum Gasteiger partial charge on any atom is 0.233 e. The smallest absolute Gasteiger partial charge is 0.233 e. The fourth-order valence-corrected chi connectivity index (χ4v) is 1.61. The molecular formula is C9H14N2O3. The molecule has 1 saturated heterocycles. The maximum atomic E-state index is 11.3. The van der Waals surface area contributed by atoms with Gasteiger partial charge in [-0.05, 0) is 12.8 Å². The predicted octanol–water partition coefficient (Wildman–Crippen LogP) is -0.305. The molecule has 3 N–H and O–H groups in total. The largest absolute Gasteiger partial charge is 0.370 e. The van der Waals surface area contributed by atoms with Gasteiger partial charge in [0.1, 0.15) is 0 Å². The van der Waals surface area contributed by atoms with Gasteiger partial charge >= 0.3 is 0 Å². The molecule has 1 aliphatic rings. The van der Waals surface area contributed by atoms with Crippen molar-refractivity contribution < 1.29 is 14.4 Å². The third-order valence-corrected chi connectivity index (χ3v) is 2.50. The molecule has 1 unspecified atom stereocenters. The number of hydrogen-bond donors (Lipinski definition) is 2. The van der Waals surface area contributed by atoms with Crippen LogP contribution in [-0.2, 0) is 14.4 Å². The Morgan fingerprint density at radius 2 is 2.21 bits per heavy atom. The van der Waals surface area contributed by atoms with Gasteiger partial charge in [-0.1, -0.05) is 6.92 Å². The normalized spacial score (nSPS) is 26.4. The van der Waals surface area contributed by atoms with E-state index in [0.717, 1.165) is 0 Å². The lowest BCUT2D eigenvalue weighted by molar-refractivity contribution is -0.128. The molecule has 1 aliphatic heterocycles. The monoisotopic (exact) mass is 198 g/mol. The van der Waals surface area contributed by atoms with Crippen molar-refractivity contribution in [3.63, 3.8) is 0 Å². The van der Waals surface area contributed by atoms with E-state index in [1.165, 1.54) is 0 Å². The molecule has 1 heterocycles. The van der Waals surface area contributed by atoms with Gasteiger partial charge in [0, 0.05) is 12.8 Å². The van der Waals surface area contributed by atoms with Crippen LogP contribution in [0, 0.1) is 5.41 Å². The Kier molecular flexibility index (Phi) is 2.88. The van der Waals surface area contributed by atoms with Gasteiger partial charge in [-0.2, -0.15) is 0 Å². The van der Waals surface area contributed by atoms with Gasteiger partial charge in [-0.3, -0.25) is 19.7 Å². The van der Waals surface area contributed by atoms with Crippen LogP contribution < -0.4 is 11.1 Å². The summed E-state index contributed by atoms with van der Waals surface area (Å²) in [4.78, 5) is 32.8. The first kappa shape index (κ1) is 10.7. The minimum absolute atomic E-state index is 0.213. The zero-order valence-corrected chi connectivity index (χ0v) is 8.13. The highest BCUT2D eigenvalue weighted by molar-refractivity contribution is 6.05. The average molecular weight is 198 g/mol. The molecule has 0 aromatic heterocycles. The highest BCUT2D eigenvalue weighted by atomic mass is 16.2. The van der Waals surface area contributed by atoms with Gasteiger partial charge in [0.25, 0.3) is 0 Å². The van der Waals surface area contributed by atoms with Gasteiger partial charge in [0.05, 0.1) is 5.41 Å². The van der Waals surface area contributed by atoms with Crippen LogP contribution in [0.1, 0.15) is 32.6 Å². The molecule has 5 nitrogen and oxygen atoms in total. The third-order valence-electron chi connectivity index (χ3n) is 2.50. The number of carbonyl (C=O) groups is 3. The molecule has 0 aromatic carbocycles. The van der Waals surface area contributed by atoms with E-state index in [-0.39, 0.29) is 30.6 Å². The Labute approximate surface area is 82.0 Å². The summed E-state index contributed by atoms with van der Waals surface area (Å²) in [5.74, 6) is -0.859. The molecule has 78 valence electrons. The highest BCUT2D eigenvalue weighted by Crippen LogP contribution is 2.32. The number of carbonyl (C=O) groups excluding carboxylic acids is 3. The van der Waals surface area contributed by atoms with Crippen molar-refractivity contribution >= 4 is 17.7 Å². The van der Waals surface area contributed by atoms with Crippen LogP contribution >= 0.6 is 0 Å². The molecule has 0 aliphatic carbocycles. The summed E-state index contributed by atoms with van der Waals surface area (Å²) in [6.07, 6.45) is 1.54. The Morgan fingerprint density at radius 3 is 2.64 bits per heavy atom. The van der Waals surface area contributed by atoms with Crippen LogP contribution in [-0.4, -0.2) is 17.7 Å². The van der Waals surface area contributed by atoms with Crippen LogP contribution in [0.15, 0.2) is 0 Å². The van der Waals surface area contributed by atoms with E-state index >= 15 is 0 Å². The lowest BCUT2D eigenvalue weighted by Gasteiger charge is -2.18. The third kappa shape index (κ3) is 2.31. The Bertz CT molecular complexity index is 288. The molecule has 1 fully saturated rings. The van der Waals surface area contributed by atoms with Gasteiger partial charge in [0.2, 0.25) is 17.7 Å². The highest BCUT2D eigenvalue weighted by Gasteiger charge is 2.41. The number of primary amides is 1. The first-order chi connectivity index (χ1) is 6.44. The number of amides is 3. The van der Waals surface area contributed by atoms with Gasteiger partial charge < -0.3 is 5.73 Å². The number of nitrogens with two attached hydrogens (primary N) is 1. The van der Waals surface area contributed by atoms with E-state index in [1.807, 2.05) is 0 Å². The van der Waals surface area contributed by atoms with Crippen molar-refractivity contribution in [1.29, 1.82) is 0 Å². The van der Waals surface area contributed by atoms with Crippen LogP contribution in [0.4, 0.5) is 0 Å². The van der Waals surface area contributed by atoms with Crippen LogP contribution in [0.3, 0.4) is 0 Å². The number of rotatable bonds is 4. The Hall–Kier alpha value is -1.39.